The van der Waals surface area contributed by atoms with E-state index in [0.29, 0.717) is 11.5 Å². The Bertz CT molecular complexity index is 984. The van der Waals surface area contributed by atoms with Crippen molar-refractivity contribution in [1.82, 2.24) is 9.55 Å². The highest BCUT2D eigenvalue weighted by Gasteiger charge is 2.26. The van der Waals surface area contributed by atoms with Gasteiger partial charge in [0.05, 0.1) is 25.0 Å². The van der Waals surface area contributed by atoms with Gasteiger partial charge in [-0.05, 0) is 55.3 Å². The number of halogens is 1. The van der Waals surface area contributed by atoms with E-state index in [-0.39, 0.29) is 11.9 Å². The van der Waals surface area contributed by atoms with Gasteiger partial charge in [-0.3, -0.25) is 4.79 Å². The summed E-state index contributed by atoms with van der Waals surface area (Å²) in [5.41, 5.74) is 2.35. The predicted octanol–water partition coefficient (Wildman–Crippen LogP) is 4.23. The van der Waals surface area contributed by atoms with Crippen molar-refractivity contribution in [3.8, 4) is 5.75 Å². The van der Waals surface area contributed by atoms with Crippen LogP contribution in [0.4, 0.5) is 15.8 Å². The number of hydrogen-bond acceptors (Lipinski definition) is 4. The van der Waals surface area contributed by atoms with Crippen molar-refractivity contribution >= 4 is 17.3 Å². The Balaban J connectivity index is 1.52. The molecule has 1 aromatic heterocycles. The van der Waals surface area contributed by atoms with E-state index in [1.54, 1.807) is 25.4 Å². The third-order valence-electron chi connectivity index (χ3n) is 4.83. The Morgan fingerprint density at radius 2 is 2.04 bits per heavy atom. The number of benzene rings is 2. The van der Waals surface area contributed by atoms with E-state index < -0.39 is 5.82 Å². The number of ether oxygens (including phenoxy) is 1. The van der Waals surface area contributed by atoms with E-state index in [4.69, 9.17) is 4.74 Å². The number of hydrogen-bond donors (Lipinski definition) is 2. The highest BCUT2D eigenvalue weighted by molar-refractivity contribution is 6.01. The second kappa shape index (κ2) is 7.72. The molecule has 7 heteroatoms. The third-order valence-corrected chi connectivity index (χ3v) is 4.83. The van der Waals surface area contributed by atoms with Crippen molar-refractivity contribution in [1.29, 1.82) is 0 Å². The first-order valence-electron chi connectivity index (χ1n) is 9.17. The van der Waals surface area contributed by atoms with Gasteiger partial charge in [0.25, 0.3) is 5.91 Å². The molecule has 1 aliphatic heterocycles. The topological polar surface area (TPSA) is 68.2 Å². The second-order valence-corrected chi connectivity index (χ2v) is 6.69. The normalized spacial score (nSPS) is 15.6. The molecular weight excluding hydrogens is 359 g/mol. The molecule has 1 aliphatic rings. The molecule has 1 amide bonds. The lowest BCUT2D eigenvalue weighted by atomic mass is 10.0. The van der Waals surface area contributed by atoms with Gasteiger partial charge in [-0.25, -0.2) is 9.37 Å². The molecule has 144 valence electrons. The van der Waals surface area contributed by atoms with Crippen LogP contribution in [-0.4, -0.2) is 22.6 Å². The molecular formula is C21H21FN4O2. The first kappa shape index (κ1) is 18.0. The molecule has 0 saturated carbocycles. The molecule has 2 heterocycles. The molecule has 28 heavy (non-hydrogen) atoms. The van der Waals surface area contributed by atoms with Gasteiger partial charge in [0, 0.05) is 17.9 Å². The molecule has 0 saturated heterocycles. The van der Waals surface area contributed by atoms with E-state index in [1.165, 1.54) is 12.1 Å². The number of nitrogens with one attached hydrogen (secondary N) is 2. The molecule has 0 unspecified atom stereocenters. The van der Waals surface area contributed by atoms with Crippen LogP contribution >= 0.6 is 0 Å². The maximum Gasteiger partial charge on any atom is 0.291 e. The lowest BCUT2D eigenvalue weighted by Crippen LogP contribution is -2.25. The Morgan fingerprint density at radius 1 is 1.21 bits per heavy atom. The van der Waals surface area contributed by atoms with Crippen LogP contribution in [0.2, 0.25) is 0 Å². The van der Waals surface area contributed by atoms with E-state index in [9.17, 15) is 9.18 Å². The maximum atomic E-state index is 13.4. The monoisotopic (exact) mass is 380 g/mol. The van der Waals surface area contributed by atoms with Crippen LogP contribution in [0.15, 0.2) is 54.7 Å². The van der Waals surface area contributed by atoms with Crippen molar-refractivity contribution in [2.45, 2.75) is 25.4 Å². The number of anilines is 2. The fourth-order valence-corrected chi connectivity index (χ4v) is 3.47. The molecule has 6 nitrogen and oxygen atoms in total. The number of methoxy groups -OCH3 is 1. The zero-order chi connectivity index (χ0) is 19.5. The molecule has 2 aromatic carbocycles. The Hall–Kier alpha value is -3.35. The molecule has 1 atom stereocenters. The molecule has 3 aromatic rings. The highest BCUT2D eigenvalue weighted by atomic mass is 19.1. The second-order valence-electron chi connectivity index (χ2n) is 6.69. The quantitative estimate of drug-likeness (QED) is 0.695. The summed E-state index contributed by atoms with van der Waals surface area (Å²) in [6.07, 6.45) is 3.61. The number of rotatable bonds is 5. The molecule has 0 fully saturated rings. The summed E-state index contributed by atoms with van der Waals surface area (Å²) >= 11 is 0. The maximum absolute atomic E-state index is 13.4. The van der Waals surface area contributed by atoms with Crippen molar-refractivity contribution in [2.75, 3.05) is 17.7 Å². The lowest BCUT2D eigenvalue weighted by molar-refractivity contribution is 0.101. The molecule has 0 radical (unpaired) electrons. The van der Waals surface area contributed by atoms with Crippen molar-refractivity contribution in [2.24, 2.45) is 0 Å². The predicted molar refractivity (Wildman–Crippen MR) is 105 cm³/mol. The number of carbonyl (C=O) groups excluding carboxylic acids is 1. The van der Waals surface area contributed by atoms with Crippen LogP contribution < -0.4 is 15.4 Å². The lowest BCUT2D eigenvalue weighted by Gasteiger charge is -2.26. The number of nitrogens with zero attached hydrogens (tertiary/aromatic N) is 2. The van der Waals surface area contributed by atoms with Crippen molar-refractivity contribution in [3.63, 3.8) is 0 Å². The smallest absolute Gasteiger partial charge is 0.291 e. The van der Waals surface area contributed by atoms with Gasteiger partial charge < -0.3 is 19.9 Å². The van der Waals surface area contributed by atoms with Crippen LogP contribution in [-0.2, 0) is 6.54 Å². The standard InChI is InChI=1S/C21H21FN4O2/c1-28-17-9-7-15(8-10-17)24-18-6-3-11-26-19(18)13-23-20(26)21(27)25-16-5-2-4-14(22)12-16/h2,4-5,7-10,12-13,18,24H,3,6,11H2,1H3,(H,25,27)/t18-/m1/s1. The van der Waals surface area contributed by atoms with Crippen LogP contribution in [0.1, 0.15) is 35.2 Å². The number of imidazole rings is 1. The van der Waals surface area contributed by atoms with E-state index >= 15 is 0 Å². The van der Waals surface area contributed by atoms with Crippen molar-refractivity contribution < 1.29 is 13.9 Å². The molecule has 4 rings (SSSR count). The largest absolute Gasteiger partial charge is 0.497 e. The first-order valence-corrected chi connectivity index (χ1v) is 9.17. The minimum atomic E-state index is -0.397. The van der Waals surface area contributed by atoms with Gasteiger partial charge in [0.1, 0.15) is 11.6 Å². The summed E-state index contributed by atoms with van der Waals surface area (Å²) in [5.74, 6) is 0.393. The zero-order valence-corrected chi connectivity index (χ0v) is 15.5. The summed E-state index contributed by atoms with van der Waals surface area (Å²) in [5, 5.41) is 6.22. The minimum absolute atomic E-state index is 0.0605. The molecule has 0 bridgehead atoms. The van der Waals surface area contributed by atoms with Gasteiger partial charge in [0.2, 0.25) is 0 Å². The fraction of sp³-hybridized carbons (Fsp3) is 0.238. The van der Waals surface area contributed by atoms with Gasteiger partial charge >= 0.3 is 0 Å². The van der Waals surface area contributed by atoms with Crippen LogP contribution in [0.5, 0.6) is 5.75 Å². The van der Waals surface area contributed by atoms with E-state index in [1.807, 2.05) is 28.8 Å². The van der Waals surface area contributed by atoms with Gasteiger partial charge in [0.15, 0.2) is 5.82 Å². The fourth-order valence-electron chi connectivity index (χ4n) is 3.47. The Morgan fingerprint density at radius 3 is 2.79 bits per heavy atom. The zero-order valence-electron chi connectivity index (χ0n) is 15.5. The van der Waals surface area contributed by atoms with Gasteiger partial charge in [-0.15, -0.1) is 0 Å². The summed E-state index contributed by atoms with van der Waals surface area (Å²) in [6, 6.07) is 13.6. The Labute approximate surface area is 162 Å². The van der Waals surface area contributed by atoms with Gasteiger partial charge in [-0.2, -0.15) is 0 Å². The SMILES string of the molecule is COc1ccc(N[C@@H]2CCCn3c2cnc3C(=O)Nc2cccc(F)c2)cc1. The number of fused-ring (bicyclic) bond motifs is 1. The summed E-state index contributed by atoms with van der Waals surface area (Å²) in [6.45, 7) is 0.724. The number of amides is 1. The molecule has 0 spiro atoms. The average molecular weight is 380 g/mol. The minimum Gasteiger partial charge on any atom is -0.497 e. The van der Waals surface area contributed by atoms with Crippen LogP contribution in [0.25, 0.3) is 0 Å². The highest BCUT2D eigenvalue weighted by Crippen LogP contribution is 2.30. The van der Waals surface area contributed by atoms with Crippen molar-refractivity contribution in [3.05, 3.63) is 72.1 Å². The number of aromatic nitrogens is 2. The van der Waals surface area contributed by atoms with E-state index in [0.717, 1.165) is 36.5 Å². The summed E-state index contributed by atoms with van der Waals surface area (Å²) in [4.78, 5) is 17.0. The first-order chi connectivity index (χ1) is 13.6. The Kier molecular flexibility index (Phi) is 4.97. The summed E-state index contributed by atoms with van der Waals surface area (Å²) in [7, 11) is 1.64. The third kappa shape index (κ3) is 3.69. The van der Waals surface area contributed by atoms with Crippen LogP contribution in [0, 0.1) is 5.82 Å². The van der Waals surface area contributed by atoms with E-state index in [2.05, 4.69) is 15.6 Å². The van der Waals surface area contributed by atoms with Crippen LogP contribution in [0.3, 0.4) is 0 Å². The molecule has 2 N–H and O–H groups in total. The number of carbonyl (C=O) groups is 1. The molecule has 0 aliphatic carbocycles. The van der Waals surface area contributed by atoms with Gasteiger partial charge in [-0.1, -0.05) is 6.07 Å². The summed E-state index contributed by atoms with van der Waals surface area (Å²) < 4.78 is 20.5. The average Bonchev–Trinajstić information content (AvgIpc) is 3.14.